The largest absolute Gasteiger partial charge is 0.333 e. The van der Waals surface area contributed by atoms with Gasteiger partial charge in [0.05, 0.1) is 6.54 Å². The molecule has 7 heteroatoms. The van der Waals surface area contributed by atoms with E-state index >= 15 is 0 Å². The lowest BCUT2D eigenvalue weighted by molar-refractivity contribution is -0.134. The molecule has 0 spiro atoms. The molecule has 0 fully saturated rings. The first-order chi connectivity index (χ1) is 14.5. The number of anilines is 1. The normalized spacial score (nSPS) is 10.6. The third kappa shape index (κ3) is 6.22. The molecule has 0 unspecified atom stereocenters. The van der Waals surface area contributed by atoms with Crippen LogP contribution in [0, 0.1) is 6.92 Å². The van der Waals surface area contributed by atoms with Gasteiger partial charge in [0.1, 0.15) is 5.01 Å². The number of amides is 2. The molecule has 0 aliphatic heterocycles. The van der Waals surface area contributed by atoms with Gasteiger partial charge in [0.2, 0.25) is 16.9 Å². The third-order valence-electron chi connectivity index (χ3n) is 4.59. The smallest absolute Gasteiger partial charge is 0.245 e. The van der Waals surface area contributed by atoms with Crippen molar-refractivity contribution >= 4 is 28.3 Å². The predicted octanol–water partition coefficient (Wildman–Crippen LogP) is 4.32. The van der Waals surface area contributed by atoms with Crippen molar-refractivity contribution in [2.24, 2.45) is 0 Å². The van der Waals surface area contributed by atoms with Crippen LogP contribution in [0.4, 0.5) is 5.13 Å². The van der Waals surface area contributed by atoms with Gasteiger partial charge in [0, 0.05) is 18.5 Å². The van der Waals surface area contributed by atoms with E-state index in [0.717, 1.165) is 28.1 Å². The van der Waals surface area contributed by atoms with E-state index in [1.165, 1.54) is 11.3 Å². The van der Waals surface area contributed by atoms with Gasteiger partial charge in [0.15, 0.2) is 0 Å². The lowest BCUT2D eigenvalue weighted by Crippen LogP contribution is -2.38. The second-order valence-corrected chi connectivity index (χ2v) is 8.11. The van der Waals surface area contributed by atoms with E-state index in [1.807, 2.05) is 68.4 Å². The summed E-state index contributed by atoms with van der Waals surface area (Å²) in [5.41, 5.74) is 3.22. The summed E-state index contributed by atoms with van der Waals surface area (Å²) >= 11 is 1.32. The zero-order valence-corrected chi connectivity index (χ0v) is 18.1. The van der Waals surface area contributed by atoms with Crippen LogP contribution in [0.5, 0.6) is 0 Å². The number of aryl methyl sites for hydroxylation is 2. The molecule has 0 aliphatic rings. The zero-order valence-electron chi connectivity index (χ0n) is 17.3. The van der Waals surface area contributed by atoms with Gasteiger partial charge in [-0.05, 0) is 31.4 Å². The maximum absolute atomic E-state index is 12.6. The Kier molecular flexibility index (Phi) is 7.68. The van der Waals surface area contributed by atoms with Crippen molar-refractivity contribution in [2.45, 2.75) is 33.1 Å². The first-order valence-electron chi connectivity index (χ1n) is 10.1. The summed E-state index contributed by atoms with van der Waals surface area (Å²) in [5, 5.41) is 12.2. The molecule has 1 aromatic heterocycles. The van der Waals surface area contributed by atoms with Crippen molar-refractivity contribution in [2.75, 3.05) is 18.4 Å². The monoisotopic (exact) mass is 422 g/mol. The highest BCUT2D eigenvalue weighted by Gasteiger charge is 2.18. The second-order valence-electron chi connectivity index (χ2n) is 7.13. The number of aromatic nitrogens is 2. The minimum Gasteiger partial charge on any atom is -0.333 e. The molecular weight excluding hydrogens is 396 g/mol. The molecule has 1 N–H and O–H groups in total. The Morgan fingerprint density at radius 1 is 1.07 bits per heavy atom. The minimum absolute atomic E-state index is 0.0147. The molecule has 0 bridgehead atoms. The zero-order chi connectivity index (χ0) is 21.3. The Bertz CT molecular complexity index is 988. The average molecular weight is 423 g/mol. The molecule has 0 radical (unpaired) electrons. The van der Waals surface area contributed by atoms with Crippen molar-refractivity contribution in [1.29, 1.82) is 0 Å². The topological polar surface area (TPSA) is 75.2 Å². The Morgan fingerprint density at radius 3 is 2.60 bits per heavy atom. The van der Waals surface area contributed by atoms with Crippen LogP contribution in [-0.4, -0.2) is 40.0 Å². The third-order valence-corrected chi connectivity index (χ3v) is 5.48. The van der Waals surface area contributed by atoms with Crippen LogP contribution in [0.3, 0.4) is 0 Å². The maximum atomic E-state index is 12.6. The quantitative estimate of drug-likeness (QED) is 0.557. The number of nitrogens with one attached hydrogen (secondary N) is 1. The number of hydrogen-bond acceptors (Lipinski definition) is 5. The summed E-state index contributed by atoms with van der Waals surface area (Å²) in [6.45, 7) is 4.57. The summed E-state index contributed by atoms with van der Waals surface area (Å²) in [4.78, 5) is 26.8. The van der Waals surface area contributed by atoms with E-state index < -0.39 is 0 Å². The molecule has 3 rings (SSSR count). The van der Waals surface area contributed by atoms with Gasteiger partial charge in [-0.1, -0.05) is 72.4 Å². The van der Waals surface area contributed by atoms with Crippen LogP contribution in [-0.2, 0) is 16.0 Å². The maximum Gasteiger partial charge on any atom is 0.245 e. The van der Waals surface area contributed by atoms with E-state index in [1.54, 1.807) is 4.90 Å². The molecule has 0 saturated carbocycles. The summed E-state index contributed by atoms with van der Waals surface area (Å²) < 4.78 is 0. The van der Waals surface area contributed by atoms with Crippen LogP contribution in [0.25, 0.3) is 10.6 Å². The van der Waals surface area contributed by atoms with E-state index in [2.05, 4.69) is 15.5 Å². The molecule has 3 aromatic rings. The van der Waals surface area contributed by atoms with E-state index in [-0.39, 0.29) is 18.4 Å². The predicted molar refractivity (Wildman–Crippen MR) is 120 cm³/mol. The van der Waals surface area contributed by atoms with Crippen molar-refractivity contribution in [3.8, 4) is 10.6 Å². The number of carbonyl (C=O) groups is 2. The molecule has 0 atom stereocenters. The minimum atomic E-state index is -0.261. The number of hydrogen-bond donors (Lipinski definition) is 1. The van der Waals surface area contributed by atoms with Crippen LogP contribution in [0.2, 0.25) is 0 Å². The van der Waals surface area contributed by atoms with Crippen molar-refractivity contribution in [1.82, 2.24) is 15.1 Å². The molecule has 2 amide bonds. The molecule has 2 aromatic carbocycles. The standard InChI is InChI=1S/C23H26N4O2S/c1-3-14-27(21(29)13-12-18-9-5-4-6-10-18)16-20(28)24-23-26-25-22(30-23)19-11-7-8-17(2)15-19/h4-11,15H,3,12-14,16H2,1-2H3,(H,24,26,28). The van der Waals surface area contributed by atoms with Gasteiger partial charge in [-0.3, -0.25) is 14.9 Å². The molecule has 1 heterocycles. The lowest BCUT2D eigenvalue weighted by Gasteiger charge is -2.21. The van der Waals surface area contributed by atoms with Crippen molar-refractivity contribution in [3.05, 3.63) is 65.7 Å². The first kappa shape index (κ1) is 21.6. The summed E-state index contributed by atoms with van der Waals surface area (Å²) in [6.07, 6.45) is 1.84. The highest BCUT2D eigenvalue weighted by Crippen LogP contribution is 2.26. The van der Waals surface area contributed by atoms with Gasteiger partial charge in [0.25, 0.3) is 0 Å². The first-order valence-corrected chi connectivity index (χ1v) is 10.9. The number of carbonyl (C=O) groups excluding carboxylic acids is 2. The van der Waals surface area contributed by atoms with E-state index in [0.29, 0.717) is 24.5 Å². The fourth-order valence-corrected chi connectivity index (χ4v) is 3.87. The van der Waals surface area contributed by atoms with Crippen LogP contribution in [0.1, 0.15) is 30.9 Å². The summed E-state index contributed by atoms with van der Waals surface area (Å²) in [5.74, 6) is -0.281. The Hall–Kier alpha value is -3.06. The number of benzene rings is 2. The van der Waals surface area contributed by atoms with Gasteiger partial charge >= 0.3 is 0 Å². The van der Waals surface area contributed by atoms with E-state index in [4.69, 9.17) is 0 Å². The highest BCUT2D eigenvalue weighted by atomic mass is 32.1. The van der Waals surface area contributed by atoms with Crippen LogP contribution in [0.15, 0.2) is 54.6 Å². The molecule has 30 heavy (non-hydrogen) atoms. The van der Waals surface area contributed by atoms with Crippen molar-refractivity contribution < 1.29 is 9.59 Å². The fraction of sp³-hybridized carbons (Fsp3) is 0.304. The highest BCUT2D eigenvalue weighted by molar-refractivity contribution is 7.18. The summed E-state index contributed by atoms with van der Waals surface area (Å²) in [7, 11) is 0. The summed E-state index contributed by atoms with van der Waals surface area (Å²) in [6, 6.07) is 17.9. The molecule has 0 saturated heterocycles. The van der Waals surface area contributed by atoms with E-state index in [9.17, 15) is 9.59 Å². The molecule has 0 aliphatic carbocycles. The number of rotatable bonds is 9. The lowest BCUT2D eigenvalue weighted by atomic mass is 10.1. The average Bonchev–Trinajstić information content (AvgIpc) is 3.21. The Labute approximate surface area is 181 Å². The van der Waals surface area contributed by atoms with Gasteiger partial charge < -0.3 is 4.90 Å². The van der Waals surface area contributed by atoms with Crippen LogP contribution >= 0.6 is 11.3 Å². The SMILES string of the molecule is CCCN(CC(=O)Nc1nnc(-c2cccc(C)c2)s1)C(=O)CCc1ccccc1. The Balaban J connectivity index is 1.56. The second kappa shape index (κ2) is 10.6. The molecular formula is C23H26N4O2S. The fourth-order valence-electron chi connectivity index (χ4n) is 3.12. The molecule has 6 nitrogen and oxygen atoms in total. The van der Waals surface area contributed by atoms with Gasteiger partial charge in [-0.25, -0.2) is 0 Å². The Morgan fingerprint density at radius 2 is 1.87 bits per heavy atom. The van der Waals surface area contributed by atoms with Crippen molar-refractivity contribution in [3.63, 3.8) is 0 Å². The van der Waals surface area contributed by atoms with Crippen LogP contribution < -0.4 is 5.32 Å². The van der Waals surface area contributed by atoms with Gasteiger partial charge in [-0.2, -0.15) is 0 Å². The number of nitrogens with zero attached hydrogens (tertiary/aromatic N) is 3. The van der Waals surface area contributed by atoms with Gasteiger partial charge in [-0.15, -0.1) is 10.2 Å². The molecule has 156 valence electrons.